The fourth-order valence-corrected chi connectivity index (χ4v) is 1.81. The number of pyridine rings is 1. The van der Waals surface area contributed by atoms with Gasteiger partial charge in [-0.3, -0.25) is 4.98 Å². The molecule has 2 aliphatic rings. The summed E-state index contributed by atoms with van der Waals surface area (Å²) in [6, 6.07) is 4.03. The summed E-state index contributed by atoms with van der Waals surface area (Å²) in [5.41, 5.74) is 2.25. The van der Waals surface area contributed by atoms with Crippen molar-refractivity contribution >= 4 is 11.8 Å². The summed E-state index contributed by atoms with van der Waals surface area (Å²) in [5.74, 6) is 0. The number of aromatic nitrogens is 1. The number of dihydropyridines is 1. The van der Waals surface area contributed by atoms with E-state index in [4.69, 9.17) is 0 Å². The first-order valence-electron chi connectivity index (χ1n) is 4.93. The van der Waals surface area contributed by atoms with Crippen LogP contribution in [0.3, 0.4) is 0 Å². The second-order valence-electron chi connectivity index (χ2n) is 3.47. The van der Waals surface area contributed by atoms with Gasteiger partial charge in [0.25, 0.3) is 0 Å². The molecular weight excluding hydrogens is 184 g/mol. The standard InChI is InChI=1S/C13H10N2/c1-4-10-6-2-8-14-12(10)13-11(5-1)7-3-9-15-13/h1-9,14H. The van der Waals surface area contributed by atoms with Crippen LogP contribution in [0.25, 0.3) is 11.8 Å². The van der Waals surface area contributed by atoms with Gasteiger partial charge in [0.1, 0.15) is 0 Å². The topological polar surface area (TPSA) is 24.9 Å². The zero-order valence-electron chi connectivity index (χ0n) is 8.14. The Kier molecular flexibility index (Phi) is 1.78. The van der Waals surface area contributed by atoms with E-state index < -0.39 is 0 Å². The Morgan fingerprint density at radius 2 is 2.13 bits per heavy atom. The van der Waals surface area contributed by atoms with Crippen molar-refractivity contribution in [2.75, 3.05) is 0 Å². The zero-order chi connectivity index (χ0) is 10.1. The van der Waals surface area contributed by atoms with Crippen LogP contribution >= 0.6 is 0 Å². The van der Waals surface area contributed by atoms with Crippen LogP contribution in [0, 0.1) is 0 Å². The van der Waals surface area contributed by atoms with Crippen molar-refractivity contribution in [3.05, 3.63) is 65.0 Å². The van der Waals surface area contributed by atoms with Gasteiger partial charge in [-0.1, -0.05) is 30.4 Å². The van der Waals surface area contributed by atoms with Crippen molar-refractivity contribution < 1.29 is 0 Å². The third-order valence-electron chi connectivity index (χ3n) is 2.52. The number of nitrogens with one attached hydrogen (secondary N) is 1. The summed E-state index contributed by atoms with van der Waals surface area (Å²) in [7, 11) is 0. The van der Waals surface area contributed by atoms with Crippen LogP contribution in [0.5, 0.6) is 0 Å². The molecule has 0 atom stereocenters. The Hall–Kier alpha value is -2.09. The highest BCUT2D eigenvalue weighted by Gasteiger charge is 2.07. The molecule has 1 aliphatic carbocycles. The highest BCUT2D eigenvalue weighted by Crippen LogP contribution is 2.12. The van der Waals surface area contributed by atoms with Crippen molar-refractivity contribution in [3.8, 4) is 0 Å². The second kappa shape index (κ2) is 3.24. The van der Waals surface area contributed by atoms with Crippen molar-refractivity contribution in [3.63, 3.8) is 0 Å². The molecule has 0 saturated heterocycles. The zero-order valence-corrected chi connectivity index (χ0v) is 8.14. The molecule has 1 aromatic heterocycles. The molecule has 1 N–H and O–H groups in total. The number of hydrogen-bond donors (Lipinski definition) is 1. The van der Waals surface area contributed by atoms with E-state index in [9.17, 15) is 0 Å². The monoisotopic (exact) mass is 194 g/mol. The maximum atomic E-state index is 4.42. The summed E-state index contributed by atoms with van der Waals surface area (Å²) >= 11 is 0. The number of allylic oxidation sites excluding steroid dienone is 3. The van der Waals surface area contributed by atoms with E-state index in [1.807, 2.05) is 24.5 Å². The number of nitrogens with zero attached hydrogens (tertiary/aromatic N) is 1. The van der Waals surface area contributed by atoms with Gasteiger partial charge in [0.15, 0.2) is 0 Å². The van der Waals surface area contributed by atoms with Crippen LogP contribution in [-0.2, 0) is 0 Å². The molecule has 2 nitrogen and oxygen atoms in total. The lowest BCUT2D eigenvalue weighted by Gasteiger charge is -2.10. The predicted molar refractivity (Wildman–Crippen MR) is 60.9 cm³/mol. The molecule has 0 unspecified atom stereocenters. The normalized spacial score (nSPS) is 16.8. The molecule has 0 radical (unpaired) electrons. The van der Waals surface area contributed by atoms with Gasteiger partial charge < -0.3 is 5.32 Å². The Morgan fingerprint density at radius 3 is 3.13 bits per heavy atom. The smallest absolute Gasteiger partial charge is 0.0942 e. The first-order chi connectivity index (χ1) is 7.45. The summed E-state index contributed by atoms with van der Waals surface area (Å²) in [4.78, 5) is 4.42. The lowest BCUT2D eigenvalue weighted by Crippen LogP contribution is -2.33. The van der Waals surface area contributed by atoms with E-state index in [1.165, 1.54) is 5.57 Å². The summed E-state index contributed by atoms with van der Waals surface area (Å²) in [6.07, 6.45) is 14.1. The van der Waals surface area contributed by atoms with Crippen LogP contribution in [0.2, 0.25) is 0 Å². The average Bonchev–Trinajstić information content (AvgIpc) is 2.48. The molecule has 2 heterocycles. The first kappa shape index (κ1) is 8.24. The van der Waals surface area contributed by atoms with E-state index in [-0.39, 0.29) is 0 Å². The van der Waals surface area contributed by atoms with E-state index in [2.05, 4.69) is 40.7 Å². The predicted octanol–water partition coefficient (Wildman–Crippen LogP) is 0.583. The number of rotatable bonds is 0. The molecule has 1 aromatic rings. The summed E-state index contributed by atoms with van der Waals surface area (Å²) < 4.78 is 0. The summed E-state index contributed by atoms with van der Waals surface area (Å²) in [5, 5.41) is 5.41. The fraction of sp³-hybridized carbons (Fsp3) is 0. The Balaban J connectivity index is 2.45. The summed E-state index contributed by atoms with van der Waals surface area (Å²) in [6.45, 7) is 0. The molecule has 0 aromatic carbocycles. The molecule has 15 heavy (non-hydrogen) atoms. The van der Waals surface area contributed by atoms with Crippen LogP contribution in [0.4, 0.5) is 0 Å². The molecule has 0 saturated carbocycles. The average molecular weight is 194 g/mol. The van der Waals surface area contributed by atoms with Crippen molar-refractivity contribution in [2.24, 2.45) is 0 Å². The molecular formula is C13H10N2. The molecule has 0 spiro atoms. The van der Waals surface area contributed by atoms with Gasteiger partial charge in [-0.05, 0) is 12.1 Å². The molecule has 0 bridgehead atoms. The molecule has 1 aliphatic heterocycles. The van der Waals surface area contributed by atoms with E-state index in [1.54, 1.807) is 0 Å². The van der Waals surface area contributed by atoms with Gasteiger partial charge in [0.2, 0.25) is 0 Å². The van der Waals surface area contributed by atoms with E-state index in [0.29, 0.717) is 0 Å². The minimum atomic E-state index is 1.01. The SMILES string of the molecule is C1=CNC2=c3ncccc3=CC=CC2=C1. The minimum absolute atomic E-state index is 1.01. The molecule has 2 heteroatoms. The van der Waals surface area contributed by atoms with Gasteiger partial charge in [0.05, 0.1) is 11.0 Å². The lowest BCUT2D eigenvalue weighted by molar-refractivity contribution is 1.11. The maximum absolute atomic E-state index is 4.42. The van der Waals surface area contributed by atoms with E-state index in [0.717, 1.165) is 16.3 Å². The third-order valence-corrected chi connectivity index (χ3v) is 2.52. The second-order valence-corrected chi connectivity index (χ2v) is 3.47. The van der Waals surface area contributed by atoms with Gasteiger partial charge in [-0.2, -0.15) is 0 Å². The van der Waals surface area contributed by atoms with Crippen molar-refractivity contribution in [1.29, 1.82) is 0 Å². The highest BCUT2D eigenvalue weighted by atomic mass is 14.9. The van der Waals surface area contributed by atoms with Crippen LogP contribution in [-0.4, -0.2) is 4.98 Å². The molecule has 0 amide bonds. The quantitative estimate of drug-likeness (QED) is 0.653. The van der Waals surface area contributed by atoms with E-state index >= 15 is 0 Å². The lowest BCUT2D eigenvalue weighted by atomic mass is 10.1. The minimum Gasteiger partial charge on any atom is -0.359 e. The van der Waals surface area contributed by atoms with Gasteiger partial charge in [0, 0.05) is 23.2 Å². The largest absolute Gasteiger partial charge is 0.359 e. The fourth-order valence-electron chi connectivity index (χ4n) is 1.81. The maximum Gasteiger partial charge on any atom is 0.0942 e. The van der Waals surface area contributed by atoms with Crippen molar-refractivity contribution in [1.82, 2.24) is 10.3 Å². The van der Waals surface area contributed by atoms with Crippen LogP contribution in [0.15, 0.2) is 54.4 Å². The van der Waals surface area contributed by atoms with Crippen LogP contribution in [0.1, 0.15) is 0 Å². The van der Waals surface area contributed by atoms with Crippen LogP contribution < -0.4 is 15.9 Å². The van der Waals surface area contributed by atoms with Gasteiger partial charge in [-0.25, -0.2) is 0 Å². The molecule has 3 rings (SSSR count). The Labute approximate surface area is 87.7 Å². The Bertz CT molecular complexity index is 604. The van der Waals surface area contributed by atoms with Gasteiger partial charge >= 0.3 is 0 Å². The Morgan fingerprint density at radius 1 is 1.13 bits per heavy atom. The molecule has 72 valence electrons. The molecule has 0 fully saturated rings. The van der Waals surface area contributed by atoms with Crippen molar-refractivity contribution in [2.45, 2.75) is 0 Å². The number of hydrogen-bond acceptors (Lipinski definition) is 2. The third kappa shape index (κ3) is 1.31. The number of fused-ring (bicyclic) bond motifs is 2. The first-order valence-corrected chi connectivity index (χ1v) is 4.93. The van der Waals surface area contributed by atoms with Gasteiger partial charge in [-0.15, -0.1) is 0 Å². The highest BCUT2D eigenvalue weighted by molar-refractivity contribution is 5.71.